The van der Waals surface area contributed by atoms with Gasteiger partial charge in [0.25, 0.3) is 0 Å². The normalized spacial score (nSPS) is 12.6. The summed E-state index contributed by atoms with van der Waals surface area (Å²) in [4.78, 5) is 5.98. The number of aromatic nitrogens is 1. The average molecular weight is 276 g/mol. The second-order valence-corrected chi connectivity index (χ2v) is 5.64. The highest BCUT2D eigenvalue weighted by Crippen LogP contribution is 2.31. The molecule has 2 aromatic rings. The van der Waals surface area contributed by atoms with Crippen LogP contribution < -0.4 is 5.32 Å². The zero-order chi connectivity index (χ0) is 13.8. The third kappa shape index (κ3) is 3.21. The van der Waals surface area contributed by atoms with Gasteiger partial charge in [0.2, 0.25) is 0 Å². The second kappa shape index (κ2) is 6.28. The Labute approximate surface area is 118 Å². The lowest BCUT2D eigenvalue weighted by atomic mass is 10.1. The lowest BCUT2D eigenvalue weighted by Crippen LogP contribution is -2.11. The summed E-state index contributed by atoms with van der Waals surface area (Å²) in [6, 6.07) is 8.76. The van der Waals surface area contributed by atoms with Crippen LogP contribution >= 0.6 is 11.3 Å². The van der Waals surface area contributed by atoms with Crippen molar-refractivity contribution < 1.29 is 4.74 Å². The molecule has 1 heterocycles. The summed E-state index contributed by atoms with van der Waals surface area (Å²) in [5.74, 6) is 0. The first-order valence-electron chi connectivity index (χ1n) is 6.38. The van der Waals surface area contributed by atoms with E-state index in [1.807, 2.05) is 7.05 Å². The van der Waals surface area contributed by atoms with E-state index in [4.69, 9.17) is 4.74 Å². The monoisotopic (exact) mass is 276 g/mol. The van der Waals surface area contributed by atoms with Crippen LogP contribution in [-0.2, 0) is 11.3 Å². The average Bonchev–Trinajstić information content (AvgIpc) is 2.81. The largest absolute Gasteiger partial charge is 0.380 e. The number of nitrogens with zero attached hydrogens (tertiary/aromatic N) is 1. The molecular formula is C15H20N2OS. The summed E-state index contributed by atoms with van der Waals surface area (Å²) in [6.07, 6.45) is 0. The van der Waals surface area contributed by atoms with Gasteiger partial charge in [0.05, 0.1) is 12.3 Å². The van der Waals surface area contributed by atoms with Gasteiger partial charge in [-0.1, -0.05) is 24.3 Å². The summed E-state index contributed by atoms with van der Waals surface area (Å²) in [7, 11) is 3.69. The van der Waals surface area contributed by atoms with Crippen LogP contribution in [0, 0.1) is 6.92 Å². The van der Waals surface area contributed by atoms with Gasteiger partial charge in [-0.05, 0) is 26.5 Å². The molecule has 2 rings (SSSR count). The minimum Gasteiger partial charge on any atom is -0.380 e. The standard InChI is InChI=1S/C15H20N2OS/c1-10(16-3)14-11(2)17-15(19-14)13-7-5-12(6-8-13)9-18-4/h5-8,10,16H,9H2,1-4H3. The maximum atomic E-state index is 5.12. The predicted molar refractivity (Wildman–Crippen MR) is 80.5 cm³/mol. The van der Waals surface area contributed by atoms with Gasteiger partial charge in [-0.3, -0.25) is 0 Å². The van der Waals surface area contributed by atoms with Crippen molar-refractivity contribution in [2.75, 3.05) is 14.2 Å². The van der Waals surface area contributed by atoms with Crippen LogP contribution in [0.25, 0.3) is 10.6 Å². The fraction of sp³-hybridized carbons (Fsp3) is 0.400. The van der Waals surface area contributed by atoms with Crippen LogP contribution in [0.3, 0.4) is 0 Å². The van der Waals surface area contributed by atoms with Gasteiger partial charge in [-0.25, -0.2) is 4.98 Å². The molecule has 0 fully saturated rings. The quantitative estimate of drug-likeness (QED) is 0.907. The first kappa shape index (κ1) is 14.2. The Balaban J connectivity index is 2.26. The van der Waals surface area contributed by atoms with Gasteiger partial charge >= 0.3 is 0 Å². The molecule has 3 nitrogen and oxygen atoms in total. The van der Waals surface area contributed by atoms with E-state index in [1.54, 1.807) is 18.4 Å². The van der Waals surface area contributed by atoms with E-state index in [9.17, 15) is 0 Å². The van der Waals surface area contributed by atoms with E-state index in [1.165, 1.54) is 16.0 Å². The van der Waals surface area contributed by atoms with E-state index in [0.717, 1.165) is 10.7 Å². The summed E-state index contributed by atoms with van der Waals surface area (Å²) in [5.41, 5.74) is 3.47. The Morgan fingerprint density at radius 3 is 2.58 bits per heavy atom. The molecule has 1 unspecified atom stereocenters. The highest BCUT2D eigenvalue weighted by Gasteiger charge is 2.13. The van der Waals surface area contributed by atoms with Crippen molar-refractivity contribution in [3.8, 4) is 10.6 Å². The second-order valence-electron chi connectivity index (χ2n) is 4.61. The minimum atomic E-state index is 0.346. The number of hydrogen-bond donors (Lipinski definition) is 1. The molecular weight excluding hydrogens is 256 g/mol. The summed E-state index contributed by atoms with van der Waals surface area (Å²) in [6.45, 7) is 4.88. The van der Waals surface area contributed by atoms with Crippen LogP contribution in [0.5, 0.6) is 0 Å². The molecule has 1 atom stereocenters. The maximum Gasteiger partial charge on any atom is 0.123 e. The molecule has 1 N–H and O–H groups in total. The van der Waals surface area contributed by atoms with Gasteiger partial charge in [-0.2, -0.15) is 0 Å². The zero-order valence-corrected chi connectivity index (χ0v) is 12.7. The van der Waals surface area contributed by atoms with Crippen molar-refractivity contribution in [3.05, 3.63) is 40.4 Å². The molecule has 19 heavy (non-hydrogen) atoms. The Morgan fingerprint density at radius 1 is 1.32 bits per heavy atom. The van der Waals surface area contributed by atoms with Crippen LogP contribution in [0.4, 0.5) is 0 Å². The van der Waals surface area contributed by atoms with Gasteiger partial charge in [0.1, 0.15) is 5.01 Å². The number of hydrogen-bond acceptors (Lipinski definition) is 4. The highest BCUT2D eigenvalue weighted by molar-refractivity contribution is 7.15. The van der Waals surface area contributed by atoms with Gasteiger partial charge in [0.15, 0.2) is 0 Å². The Morgan fingerprint density at radius 2 is 2.00 bits per heavy atom. The van der Waals surface area contributed by atoms with Crippen LogP contribution in [-0.4, -0.2) is 19.1 Å². The third-order valence-electron chi connectivity index (χ3n) is 3.17. The van der Waals surface area contributed by atoms with E-state index in [0.29, 0.717) is 12.6 Å². The molecule has 1 aromatic carbocycles. The molecule has 0 radical (unpaired) electrons. The number of ether oxygens (including phenoxy) is 1. The Bertz CT molecular complexity index is 534. The van der Waals surface area contributed by atoms with Crippen molar-refractivity contribution >= 4 is 11.3 Å². The topological polar surface area (TPSA) is 34.1 Å². The maximum absolute atomic E-state index is 5.12. The lowest BCUT2D eigenvalue weighted by Gasteiger charge is -2.07. The SMILES string of the molecule is CNC(C)c1sc(-c2ccc(COC)cc2)nc1C. The molecule has 1 aromatic heterocycles. The predicted octanol–water partition coefficient (Wildman–Crippen LogP) is 3.55. The number of methoxy groups -OCH3 is 1. The number of nitrogens with one attached hydrogen (secondary N) is 1. The van der Waals surface area contributed by atoms with E-state index < -0.39 is 0 Å². The molecule has 0 saturated heterocycles. The molecule has 102 valence electrons. The number of thiazole rings is 1. The molecule has 0 saturated carbocycles. The Kier molecular flexibility index (Phi) is 4.69. The number of rotatable bonds is 5. The Hall–Kier alpha value is -1.23. The third-order valence-corrected chi connectivity index (χ3v) is 4.56. The van der Waals surface area contributed by atoms with Crippen molar-refractivity contribution in [3.63, 3.8) is 0 Å². The van der Waals surface area contributed by atoms with Crippen molar-refractivity contribution in [2.45, 2.75) is 26.5 Å². The van der Waals surface area contributed by atoms with Crippen LogP contribution in [0.1, 0.15) is 29.1 Å². The van der Waals surface area contributed by atoms with Gasteiger partial charge in [-0.15, -0.1) is 11.3 Å². The first-order chi connectivity index (χ1) is 9.15. The summed E-state index contributed by atoms with van der Waals surface area (Å²) in [5, 5.41) is 4.35. The summed E-state index contributed by atoms with van der Waals surface area (Å²) >= 11 is 1.76. The zero-order valence-electron chi connectivity index (χ0n) is 11.9. The fourth-order valence-electron chi connectivity index (χ4n) is 1.97. The van der Waals surface area contributed by atoms with Crippen molar-refractivity contribution in [1.82, 2.24) is 10.3 Å². The molecule has 0 bridgehead atoms. The highest BCUT2D eigenvalue weighted by atomic mass is 32.1. The van der Waals surface area contributed by atoms with E-state index in [-0.39, 0.29) is 0 Å². The summed E-state index contributed by atoms with van der Waals surface area (Å²) < 4.78 is 5.12. The fourth-order valence-corrected chi connectivity index (χ4v) is 3.11. The van der Waals surface area contributed by atoms with E-state index >= 15 is 0 Å². The van der Waals surface area contributed by atoms with E-state index in [2.05, 4.69) is 48.4 Å². The molecule has 0 amide bonds. The lowest BCUT2D eigenvalue weighted by molar-refractivity contribution is 0.185. The van der Waals surface area contributed by atoms with Crippen molar-refractivity contribution in [1.29, 1.82) is 0 Å². The number of aryl methyl sites for hydroxylation is 1. The molecule has 4 heteroatoms. The molecule has 0 spiro atoms. The smallest absolute Gasteiger partial charge is 0.123 e. The first-order valence-corrected chi connectivity index (χ1v) is 7.20. The van der Waals surface area contributed by atoms with Gasteiger partial charge < -0.3 is 10.1 Å². The van der Waals surface area contributed by atoms with Crippen LogP contribution in [0.15, 0.2) is 24.3 Å². The number of benzene rings is 1. The van der Waals surface area contributed by atoms with Crippen molar-refractivity contribution in [2.24, 2.45) is 0 Å². The molecule has 0 aliphatic heterocycles. The minimum absolute atomic E-state index is 0.346. The van der Waals surface area contributed by atoms with Gasteiger partial charge in [0, 0.05) is 23.6 Å². The molecule has 0 aliphatic rings. The molecule has 0 aliphatic carbocycles. The van der Waals surface area contributed by atoms with Crippen LogP contribution in [0.2, 0.25) is 0 Å².